The van der Waals surface area contributed by atoms with Gasteiger partial charge in [-0.15, -0.1) is 0 Å². The summed E-state index contributed by atoms with van der Waals surface area (Å²) in [5.41, 5.74) is 0.324. The molecule has 1 aliphatic heterocycles. The summed E-state index contributed by atoms with van der Waals surface area (Å²) in [5.74, 6) is -1.06. The zero-order valence-corrected chi connectivity index (χ0v) is 12.9. The van der Waals surface area contributed by atoms with Gasteiger partial charge in [0.05, 0.1) is 13.2 Å². The lowest BCUT2D eigenvalue weighted by atomic mass is 10.2. The Balaban J connectivity index is 1.49. The molecule has 5 heteroatoms. The molecule has 1 aromatic carbocycles. The SMILES string of the molecule is CC(C)(O)O[C@@H]1CC2C(COCc3ccccc3)[C@@]2(C=O)O1. The summed E-state index contributed by atoms with van der Waals surface area (Å²) in [4.78, 5) is 11.4. The van der Waals surface area contributed by atoms with Crippen molar-refractivity contribution in [1.82, 2.24) is 0 Å². The number of carbonyl (C=O) groups excluding carboxylic acids is 1. The van der Waals surface area contributed by atoms with E-state index in [4.69, 9.17) is 14.2 Å². The second-order valence-electron chi connectivity index (χ2n) is 6.53. The van der Waals surface area contributed by atoms with E-state index in [-0.39, 0.29) is 11.8 Å². The third-order valence-corrected chi connectivity index (χ3v) is 4.33. The van der Waals surface area contributed by atoms with E-state index >= 15 is 0 Å². The molecule has 2 aliphatic rings. The maximum absolute atomic E-state index is 11.4. The van der Waals surface area contributed by atoms with Gasteiger partial charge < -0.3 is 24.1 Å². The number of hydrogen-bond donors (Lipinski definition) is 1. The molecule has 2 fully saturated rings. The smallest absolute Gasteiger partial charge is 0.162 e. The Kier molecular flexibility index (Phi) is 4.07. The van der Waals surface area contributed by atoms with E-state index in [9.17, 15) is 9.90 Å². The molecule has 1 aliphatic carbocycles. The normalized spacial score (nSPS) is 33.5. The highest BCUT2D eigenvalue weighted by Crippen LogP contribution is 2.60. The molecule has 1 heterocycles. The summed E-state index contributed by atoms with van der Waals surface area (Å²) in [5, 5.41) is 9.65. The minimum absolute atomic E-state index is 0.0790. The third-order valence-electron chi connectivity index (χ3n) is 4.33. The van der Waals surface area contributed by atoms with E-state index in [0.29, 0.717) is 19.6 Å². The van der Waals surface area contributed by atoms with E-state index in [2.05, 4.69) is 0 Å². The van der Waals surface area contributed by atoms with Gasteiger partial charge in [0, 0.05) is 18.3 Å². The monoisotopic (exact) mass is 306 g/mol. The van der Waals surface area contributed by atoms with Crippen LogP contribution in [0.2, 0.25) is 0 Å². The van der Waals surface area contributed by atoms with Gasteiger partial charge in [0.2, 0.25) is 0 Å². The summed E-state index contributed by atoms with van der Waals surface area (Å²) < 4.78 is 16.8. The predicted molar refractivity (Wildman–Crippen MR) is 78.7 cm³/mol. The van der Waals surface area contributed by atoms with E-state index in [1.54, 1.807) is 13.8 Å². The predicted octanol–water partition coefficient (Wildman–Crippen LogP) is 1.88. The molecule has 1 N–H and O–H groups in total. The Morgan fingerprint density at radius 2 is 2.14 bits per heavy atom. The Hall–Kier alpha value is -1.27. The molecule has 0 bridgehead atoms. The molecule has 22 heavy (non-hydrogen) atoms. The van der Waals surface area contributed by atoms with Crippen LogP contribution >= 0.6 is 0 Å². The van der Waals surface area contributed by atoms with Crippen molar-refractivity contribution in [3.63, 3.8) is 0 Å². The number of carbonyl (C=O) groups is 1. The first-order chi connectivity index (χ1) is 10.4. The standard InChI is InChI=1S/C17H22O5/c1-16(2,19)21-15-8-13-14(17(13,11-18)22-15)10-20-9-12-6-4-3-5-7-12/h3-7,11,13-15,19H,8-10H2,1-2H3/t13?,14?,15-,17-/m0/s1. The average molecular weight is 306 g/mol. The maximum atomic E-state index is 11.4. The number of aliphatic hydroxyl groups is 1. The summed E-state index contributed by atoms with van der Waals surface area (Å²) in [6.45, 7) is 4.12. The van der Waals surface area contributed by atoms with Crippen LogP contribution in [0.5, 0.6) is 0 Å². The molecule has 1 saturated carbocycles. The van der Waals surface area contributed by atoms with Gasteiger partial charge in [-0.05, 0) is 19.4 Å². The van der Waals surface area contributed by atoms with Crippen molar-refractivity contribution in [2.24, 2.45) is 11.8 Å². The fraction of sp³-hybridized carbons (Fsp3) is 0.588. The molecule has 120 valence electrons. The van der Waals surface area contributed by atoms with E-state index < -0.39 is 17.7 Å². The molecule has 0 aromatic heterocycles. The average Bonchev–Trinajstić information content (AvgIpc) is 2.87. The Morgan fingerprint density at radius 1 is 1.41 bits per heavy atom. The zero-order valence-electron chi connectivity index (χ0n) is 12.9. The number of hydrogen-bond acceptors (Lipinski definition) is 5. The van der Waals surface area contributed by atoms with Gasteiger partial charge in [-0.1, -0.05) is 30.3 Å². The first kappa shape index (κ1) is 15.6. The number of benzene rings is 1. The van der Waals surface area contributed by atoms with Crippen LogP contribution in [0.3, 0.4) is 0 Å². The van der Waals surface area contributed by atoms with Crippen molar-refractivity contribution in [3.05, 3.63) is 35.9 Å². The van der Waals surface area contributed by atoms with Crippen LogP contribution in [-0.4, -0.2) is 35.7 Å². The number of ether oxygens (including phenoxy) is 3. The Labute approximate surface area is 130 Å². The van der Waals surface area contributed by atoms with Crippen molar-refractivity contribution in [2.45, 2.75) is 44.6 Å². The fourth-order valence-corrected chi connectivity index (χ4v) is 3.26. The highest BCUT2D eigenvalue weighted by atomic mass is 16.8. The number of rotatable bonds is 7. The van der Waals surface area contributed by atoms with Crippen molar-refractivity contribution in [2.75, 3.05) is 6.61 Å². The molecular weight excluding hydrogens is 284 g/mol. The van der Waals surface area contributed by atoms with Gasteiger partial charge >= 0.3 is 0 Å². The lowest BCUT2D eigenvalue weighted by Gasteiger charge is -2.25. The van der Waals surface area contributed by atoms with Gasteiger partial charge in [0.25, 0.3) is 0 Å². The molecule has 1 aromatic rings. The fourth-order valence-electron chi connectivity index (χ4n) is 3.26. The van der Waals surface area contributed by atoms with Crippen LogP contribution in [0.15, 0.2) is 30.3 Å². The van der Waals surface area contributed by atoms with Gasteiger partial charge in [-0.3, -0.25) is 0 Å². The number of fused-ring (bicyclic) bond motifs is 1. The molecule has 2 unspecified atom stereocenters. The Bertz CT molecular complexity index is 524. The molecule has 5 nitrogen and oxygen atoms in total. The van der Waals surface area contributed by atoms with Crippen molar-refractivity contribution >= 4 is 6.29 Å². The molecule has 0 amide bonds. The topological polar surface area (TPSA) is 65.0 Å². The van der Waals surface area contributed by atoms with E-state index in [1.807, 2.05) is 30.3 Å². The van der Waals surface area contributed by atoms with Crippen molar-refractivity contribution in [1.29, 1.82) is 0 Å². The van der Waals surface area contributed by atoms with Gasteiger partial charge in [0.15, 0.2) is 18.4 Å². The van der Waals surface area contributed by atoms with Crippen LogP contribution in [0.4, 0.5) is 0 Å². The summed E-state index contributed by atoms with van der Waals surface area (Å²) in [6, 6.07) is 9.92. The van der Waals surface area contributed by atoms with Crippen molar-refractivity contribution in [3.8, 4) is 0 Å². The van der Waals surface area contributed by atoms with E-state index in [1.165, 1.54) is 0 Å². The summed E-state index contributed by atoms with van der Waals surface area (Å²) >= 11 is 0. The van der Waals surface area contributed by atoms with Crippen LogP contribution in [-0.2, 0) is 25.6 Å². The minimum Gasteiger partial charge on any atom is -0.376 e. The zero-order chi connectivity index (χ0) is 15.8. The lowest BCUT2D eigenvalue weighted by molar-refractivity contribution is -0.277. The first-order valence-electron chi connectivity index (χ1n) is 7.60. The van der Waals surface area contributed by atoms with Crippen molar-refractivity contribution < 1.29 is 24.1 Å². The maximum Gasteiger partial charge on any atom is 0.162 e. The molecule has 1 saturated heterocycles. The highest BCUT2D eigenvalue weighted by Gasteiger charge is 2.72. The first-order valence-corrected chi connectivity index (χ1v) is 7.60. The second-order valence-corrected chi connectivity index (χ2v) is 6.53. The number of aldehydes is 1. The van der Waals surface area contributed by atoms with Gasteiger partial charge in [-0.2, -0.15) is 0 Å². The molecule has 0 spiro atoms. The third kappa shape index (κ3) is 3.08. The largest absolute Gasteiger partial charge is 0.376 e. The highest BCUT2D eigenvalue weighted by molar-refractivity contribution is 5.70. The van der Waals surface area contributed by atoms with Crippen LogP contribution in [0, 0.1) is 11.8 Å². The molecular formula is C17H22O5. The van der Waals surface area contributed by atoms with Crippen LogP contribution in [0.25, 0.3) is 0 Å². The molecule has 4 atom stereocenters. The minimum atomic E-state index is -1.26. The molecule has 0 radical (unpaired) electrons. The molecule has 3 rings (SSSR count). The Morgan fingerprint density at radius 3 is 2.73 bits per heavy atom. The summed E-state index contributed by atoms with van der Waals surface area (Å²) in [6.07, 6.45) is 0.949. The van der Waals surface area contributed by atoms with Gasteiger partial charge in [-0.25, -0.2) is 0 Å². The lowest BCUT2D eigenvalue weighted by Crippen LogP contribution is -2.34. The quantitative estimate of drug-likeness (QED) is 0.615. The summed E-state index contributed by atoms with van der Waals surface area (Å²) in [7, 11) is 0. The van der Waals surface area contributed by atoms with Crippen LogP contribution in [0.1, 0.15) is 25.8 Å². The van der Waals surface area contributed by atoms with E-state index in [0.717, 1.165) is 11.8 Å². The van der Waals surface area contributed by atoms with Gasteiger partial charge in [0.1, 0.15) is 5.60 Å². The van der Waals surface area contributed by atoms with Crippen LogP contribution < -0.4 is 0 Å². The second kappa shape index (κ2) is 5.74.